The third-order valence-corrected chi connectivity index (χ3v) is 5.27. The molecule has 1 aromatic rings. The second kappa shape index (κ2) is 5.20. The number of nitrogens with one attached hydrogen (secondary N) is 1. The smallest absolute Gasteiger partial charge is 0.322 e. The Morgan fingerprint density at radius 3 is 3.27 bits per heavy atom. The number of benzene rings is 1. The Morgan fingerprint density at radius 2 is 2.41 bits per heavy atom. The van der Waals surface area contributed by atoms with Crippen molar-refractivity contribution in [2.24, 2.45) is 4.99 Å². The molecule has 1 saturated heterocycles. The maximum atomic E-state index is 12.8. The highest BCUT2D eigenvalue weighted by molar-refractivity contribution is 6.07. The van der Waals surface area contributed by atoms with E-state index >= 15 is 0 Å². The number of aliphatic imine (C=N–C) groups is 1. The van der Waals surface area contributed by atoms with Crippen LogP contribution in [0, 0.1) is 0 Å². The van der Waals surface area contributed by atoms with Gasteiger partial charge in [-0.3, -0.25) is 9.79 Å². The Bertz CT molecular complexity index is 640. The highest BCUT2D eigenvalue weighted by Crippen LogP contribution is 2.52. The zero-order valence-electron chi connectivity index (χ0n) is 13.0. The van der Waals surface area contributed by atoms with Gasteiger partial charge in [0.15, 0.2) is 0 Å². The fourth-order valence-corrected chi connectivity index (χ4v) is 4.31. The van der Waals surface area contributed by atoms with Crippen molar-refractivity contribution in [1.82, 2.24) is 5.32 Å². The Morgan fingerprint density at radius 1 is 1.50 bits per heavy atom. The number of rotatable bonds is 3. The Balaban J connectivity index is 1.81. The van der Waals surface area contributed by atoms with Gasteiger partial charge in [0.05, 0.1) is 12.3 Å². The van der Waals surface area contributed by atoms with Crippen LogP contribution >= 0.6 is 0 Å². The van der Waals surface area contributed by atoms with Gasteiger partial charge in [0, 0.05) is 17.8 Å². The molecule has 1 aliphatic carbocycles. The van der Waals surface area contributed by atoms with Gasteiger partial charge in [-0.15, -0.1) is 0 Å². The molecule has 1 aromatic carbocycles. The van der Waals surface area contributed by atoms with Gasteiger partial charge in [-0.2, -0.15) is 0 Å². The first-order valence-corrected chi connectivity index (χ1v) is 8.35. The van der Waals surface area contributed by atoms with Gasteiger partial charge in [0.2, 0.25) is 0 Å². The van der Waals surface area contributed by atoms with E-state index in [1.165, 1.54) is 18.4 Å². The molecule has 0 radical (unpaired) electrons. The summed E-state index contributed by atoms with van der Waals surface area (Å²) in [6, 6.07) is 6.60. The molecular formula is C18H22N2O2. The van der Waals surface area contributed by atoms with Crippen LogP contribution in [-0.4, -0.2) is 31.4 Å². The van der Waals surface area contributed by atoms with Gasteiger partial charge in [-0.1, -0.05) is 19.1 Å². The molecule has 22 heavy (non-hydrogen) atoms. The van der Waals surface area contributed by atoms with E-state index in [2.05, 4.69) is 22.4 Å². The second-order valence-corrected chi connectivity index (χ2v) is 6.62. The highest BCUT2D eigenvalue weighted by atomic mass is 16.5. The minimum absolute atomic E-state index is 0.130. The van der Waals surface area contributed by atoms with E-state index in [-0.39, 0.29) is 5.97 Å². The summed E-state index contributed by atoms with van der Waals surface area (Å²) in [5.41, 5.74) is 2.69. The highest BCUT2D eigenvalue weighted by Gasteiger charge is 2.53. The summed E-state index contributed by atoms with van der Waals surface area (Å²) >= 11 is 0. The van der Waals surface area contributed by atoms with Crippen LogP contribution in [0.2, 0.25) is 0 Å². The lowest BCUT2D eigenvalue weighted by Crippen LogP contribution is -2.52. The maximum Gasteiger partial charge on any atom is 0.322 e. The number of hydrogen-bond acceptors (Lipinski definition) is 4. The number of nitrogens with zero attached hydrogens (tertiary/aromatic N) is 1. The van der Waals surface area contributed by atoms with Gasteiger partial charge in [-0.25, -0.2) is 0 Å². The third kappa shape index (κ3) is 1.86. The maximum absolute atomic E-state index is 12.8. The molecule has 0 amide bonds. The van der Waals surface area contributed by atoms with Crippen LogP contribution in [0.1, 0.15) is 49.7 Å². The Kier molecular flexibility index (Phi) is 3.30. The predicted octanol–water partition coefficient (Wildman–Crippen LogP) is 2.83. The lowest BCUT2D eigenvalue weighted by molar-refractivity contribution is -0.148. The van der Waals surface area contributed by atoms with Gasteiger partial charge < -0.3 is 10.1 Å². The molecule has 1 N–H and O–H groups in total. The van der Waals surface area contributed by atoms with Crippen LogP contribution in [-0.2, 0) is 14.9 Å². The molecule has 0 saturated carbocycles. The minimum atomic E-state index is -0.674. The van der Waals surface area contributed by atoms with Gasteiger partial charge in [0.25, 0.3) is 0 Å². The van der Waals surface area contributed by atoms with E-state index in [4.69, 9.17) is 4.74 Å². The number of carbonyl (C=O) groups excluding carboxylic acids is 1. The Labute approximate surface area is 131 Å². The number of carbonyl (C=O) groups is 1. The molecule has 1 fully saturated rings. The molecule has 2 aliphatic heterocycles. The fraction of sp³-hybridized carbons (Fsp3) is 0.556. The van der Waals surface area contributed by atoms with Crippen LogP contribution in [0.5, 0.6) is 0 Å². The summed E-state index contributed by atoms with van der Waals surface area (Å²) in [5.74, 6) is 0.368. The van der Waals surface area contributed by atoms with Crippen molar-refractivity contribution in [1.29, 1.82) is 0 Å². The predicted molar refractivity (Wildman–Crippen MR) is 85.9 cm³/mol. The molecule has 1 unspecified atom stereocenters. The first kappa shape index (κ1) is 13.9. The topological polar surface area (TPSA) is 50.7 Å². The average molecular weight is 298 g/mol. The largest absolute Gasteiger partial charge is 0.465 e. The minimum Gasteiger partial charge on any atom is -0.465 e. The van der Waals surface area contributed by atoms with Crippen LogP contribution in [0.4, 0.5) is 5.69 Å². The monoisotopic (exact) mass is 298 g/mol. The van der Waals surface area contributed by atoms with E-state index in [1.54, 1.807) is 0 Å². The van der Waals surface area contributed by atoms with Crippen molar-refractivity contribution in [2.75, 3.05) is 13.2 Å². The standard InChI is InChI=1S/C18H22N2O2/c1-2-9-22-17(21)18-10-15-12(6-4-8-19-15)13-5-3-7-14(16(13)18)20-11-18/h3,5,7,11-12,15,19H,2,4,6,8-10H2,1H3/t12-,15-,18?/m1/s1. The lowest BCUT2D eigenvalue weighted by atomic mass is 9.63. The zero-order chi connectivity index (χ0) is 15.2. The van der Waals surface area contributed by atoms with E-state index in [0.717, 1.165) is 30.6 Å². The third-order valence-electron chi connectivity index (χ3n) is 5.27. The summed E-state index contributed by atoms with van der Waals surface area (Å²) in [4.78, 5) is 17.4. The van der Waals surface area contributed by atoms with Gasteiger partial charge in [0.1, 0.15) is 5.41 Å². The first-order chi connectivity index (χ1) is 10.8. The quantitative estimate of drug-likeness (QED) is 0.873. The lowest BCUT2D eigenvalue weighted by Gasteiger charge is -2.44. The SMILES string of the molecule is CCCOC(=O)C12C=Nc3cccc(c31)[C@H]1CCCN[C@@H]1C2. The number of piperidine rings is 1. The second-order valence-electron chi connectivity index (χ2n) is 6.62. The molecule has 0 aromatic heterocycles. The molecule has 4 nitrogen and oxygen atoms in total. The molecule has 4 heteroatoms. The number of fused-ring (bicyclic) bond motifs is 2. The van der Waals surface area contributed by atoms with Crippen molar-refractivity contribution in [3.63, 3.8) is 0 Å². The van der Waals surface area contributed by atoms with Gasteiger partial charge in [-0.05, 0) is 49.8 Å². The van der Waals surface area contributed by atoms with Crippen molar-refractivity contribution in [3.05, 3.63) is 29.3 Å². The summed E-state index contributed by atoms with van der Waals surface area (Å²) in [7, 11) is 0. The van der Waals surface area contributed by atoms with E-state index in [9.17, 15) is 4.79 Å². The first-order valence-electron chi connectivity index (χ1n) is 8.35. The van der Waals surface area contributed by atoms with E-state index in [1.807, 2.05) is 19.2 Å². The molecular weight excluding hydrogens is 276 g/mol. The number of ether oxygens (including phenoxy) is 1. The number of hydrogen-bond donors (Lipinski definition) is 1. The van der Waals surface area contributed by atoms with E-state index in [0.29, 0.717) is 18.6 Å². The molecule has 3 atom stereocenters. The van der Waals surface area contributed by atoms with Crippen molar-refractivity contribution < 1.29 is 9.53 Å². The molecule has 4 rings (SSSR count). The summed E-state index contributed by atoms with van der Waals surface area (Å²) in [5, 5.41) is 3.62. The molecule has 0 spiro atoms. The fourth-order valence-electron chi connectivity index (χ4n) is 4.31. The summed E-state index contributed by atoms with van der Waals surface area (Å²) < 4.78 is 5.54. The molecule has 2 heterocycles. The average Bonchev–Trinajstić information content (AvgIpc) is 2.94. The number of esters is 1. The zero-order valence-corrected chi connectivity index (χ0v) is 13.0. The normalized spacial score (nSPS) is 31.5. The van der Waals surface area contributed by atoms with Crippen LogP contribution in [0.3, 0.4) is 0 Å². The van der Waals surface area contributed by atoms with Crippen LogP contribution < -0.4 is 5.32 Å². The molecule has 116 valence electrons. The molecule has 3 aliphatic rings. The van der Waals surface area contributed by atoms with Gasteiger partial charge >= 0.3 is 5.97 Å². The van der Waals surface area contributed by atoms with Crippen molar-refractivity contribution in [2.45, 2.75) is 50.0 Å². The van der Waals surface area contributed by atoms with Crippen LogP contribution in [0.25, 0.3) is 0 Å². The van der Waals surface area contributed by atoms with E-state index < -0.39 is 5.41 Å². The van der Waals surface area contributed by atoms with Crippen molar-refractivity contribution in [3.8, 4) is 0 Å². The van der Waals surface area contributed by atoms with Crippen LogP contribution in [0.15, 0.2) is 23.2 Å². The summed E-state index contributed by atoms with van der Waals surface area (Å²) in [6.45, 7) is 3.54. The summed E-state index contributed by atoms with van der Waals surface area (Å²) in [6.07, 6.45) is 5.84. The Hall–Kier alpha value is -1.68. The van der Waals surface area contributed by atoms with Crippen molar-refractivity contribution >= 4 is 17.9 Å². The molecule has 0 bridgehead atoms.